The molecule has 6 heavy (non-hydrogen) atoms. The third kappa shape index (κ3) is 15.9. The Bertz CT molecular complexity index is 68.4. The van der Waals surface area contributed by atoms with Crippen LogP contribution in [-0.2, 0) is 43.5 Å². The van der Waals surface area contributed by atoms with Gasteiger partial charge in [0.2, 0.25) is 0 Å². The Balaban J connectivity index is 0. The van der Waals surface area contributed by atoms with Crippen LogP contribution in [0.3, 0.4) is 0 Å². The summed E-state index contributed by atoms with van der Waals surface area (Å²) in [5, 5.41) is 0. The molecule has 0 heterocycles. The second kappa shape index (κ2) is 15.6. The van der Waals surface area contributed by atoms with E-state index in [1.165, 1.54) is 28.7 Å². The molecule has 0 saturated heterocycles. The molecular formula is MoNiPS2W. The van der Waals surface area contributed by atoms with Crippen LogP contribution in [0, 0.1) is 0 Å². The van der Waals surface area contributed by atoms with Crippen LogP contribution in [0.4, 0.5) is 0 Å². The van der Waals surface area contributed by atoms with Crippen LogP contribution in [0.25, 0.3) is 0 Å². The molecule has 0 aromatic carbocycles. The van der Waals surface area contributed by atoms with Crippen molar-refractivity contribution in [3.63, 3.8) is 0 Å². The molecule has 0 N–H and O–H groups in total. The topological polar surface area (TPSA) is 0 Å². The Kier molecular flexibility index (Phi) is 30.1. The van der Waals surface area contributed by atoms with E-state index in [2.05, 4.69) is 27.0 Å². The summed E-state index contributed by atoms with van der Waals surface area (Å²) in [5.74, 6) is 0. The molecule has 0 unspecified atom stereocenters. The Morgan fingerprint density at radius 2 is 1.83 bits per heavy atom. The minimum atomic E-state index is -0.133. The van der Waals surface area contributed by atoms with Gasteiger partial charge in [0.15, 0.2) is 0 Å². The van der Waals surface area contributed by atoms with E-state index >= 15 is 0 Å². The SMILES string of the molecule is [P]#[Ni][Mo]=[S].[S]=[W]. The summed E-state index contributed by atoms with van der Waals surface area (Å²) >= 11 is 1.03. The van der Waals surface area contributed by atoms with Crippen LogP contribution in [0.2, 0.25) is 0 Å². The first-order valence-corrected chi connectivity index (χ1v) is 11.9. The van der Waals surface area contributed by atoms with E-state index in [1.807, 2.05) is 0 Å². The van der Waals surface area contributed by atoms with E-state index < -0.39 is 0 Å². The second-order valence-electron chi connectivity index (χ2n) is 0.110. The predicted octanol–water partition coefficient (Wildman–Crippen LogP) is 2.15. The first-order valence-electron chi connectivity index (χ1n) is 0.604. The van der Waals surface area contributed by atoms with Gasteiger partial charge in [-0.1, -0.05) is 0 Å². The summed E-state index contributed by atoms with van der Waals surface area (Å²) in [6.45, 7) is 0. The molecule has 39 valence electrons. The molecule has 0 amide bonds. The van der Waals surface area contributed by atoms with Gasteiger partial charge in [0, 0.05) is 0 Å². The van der Waals surface area contributed by atoms with Crippen molar-refractivity contribution in [1.82, 2.24) is 0 Å². The minimum absolute atomic E-state index is 0.133. The van der Waals surface area contributed by atoms with Gasteiger partial charge >= 0.3 is 70.5 Å². The fourth-order valence-electron chi connectivity index (χ4n) is 0. The molecule has 0 atom stereocenters. The van der Waals surface area contributed by atoms with Crippen LogP contribution in [0.15, 0.2) is 0 Å². The molecule has 0 aromatic rings. The zero-order valence-electron chi connectivity index (χ0n) is 2.40. The van der Waals surface area contributed by atoms with E-state index in [-0.39, 0.29) is 14.8 Å². The molecule has 0 aromatic heterocycles. The fourth-order valence-corrected chi connectivity index (χ4v) is 0. The van der Waals surface area contributed by atoms with Crippen molar-refractivity contribution >= 4 is 27.0 Å². The van der Waals surface area contributed by atoms with Crippen molar-refractivity contribution in [1.29, 1.82) is 0 Å². The predicted molar refractivity (Wildman–Crippen MR) is 22.1 cm³/mol. The van der Waals surface area contributed by atoms with Crippen molar-refractivity contribution in [2.45, 2.75) is 0 Å². The van der Waals surface area contributed by atoms with Crippen LogP contribution in [-0.4, -0.2) is 0 Å². The maximum absolute atomic E-state index is 4.58. The van der Waals surface area contributed by atoms with E-state index in [4.69, 9.17) is 0 Å². The van der Waals surface area contributed by atoms with Crippen molar-refractivity contribution in [2.24, 2.45) is 0 Å². The zero-order chi connectivity index (χ0) is 5.41. The quantitative estimate of drug-likeness (QED) is 0.424. The van der Waals surface area contributed by atoms with Crippen LogP contribution in [0.1, 0.15) is 0 Å². The average molecular weight is 434 g/mol. The molecule has 0 bridgehead atoms. The standard InChI is InChI=1S/Mo.Ni.P.2S.W. The first kappa shape index (κ1) is 11.5. The molecular weight excluding hydrogens is 434 g/mol. The summed E-state index contributed by atoms with van der Waals surface area (Å²) in [7, 11) is 13.9. The maximum atomic E-state index is 4.58. The van der Waals surface area contributed by atoms with Crippen LogP contribution in [0.5, 0.6) is 0 Å². The second-order valence-corrected chi connectivity index (χ2v) is 8.08. The summed E-state index contributed by atoms with van der Waals surface area (Å²) < 4.78 is 0. The summed E-state index contributed by atoms with van der Waals surface area (Å²) in [4.78, 5) is 0. The summed E-state index contributed by atoms with van der Waals surface area (Å²) in [5.41, 5.74) is 0. The van der Waals surface area contributed by atoms with E-state index in [0.717, 1.165) is 0 Å². The fraction of sp³-hybridized carbons (Fsp3) is 0. The van der Waals surface area contributed by atoms with E-state index in [0.29, 0.717) is 0 Å². The molecule has 0 rings (SSSR count). The van der Waals surface area contributed by atoms with Gasteiger partial charge < -0.3 is 0 Å². The Hall–Kier alpha value is 2.74. The molecule has 0 radical (unpaired) electrons. The molecule has 0 aliphatic carbocycles. The Morgan fingerprint density at radius 1 is 1.67 bits per heavy atom. The average Bonchev–Trinajstić information content (AvgIpc) is 1.72. The zero-order valence-corrected chi connectivity index (χ0v) is 10.9. The van der Waals surface area contributed by atoms with E-state index in [9.17, 15) is 0 Å². The van der Waals surface area contributed by atoms with Gasteiger partial charge in [-0.15, -0.1) is 0 Å². The molecule has 6 heteroatoms. The van der Waals surface area contributed by atoms with Gasteiger partial charge in [0.25, 0.3) is 0 Å². The first-order chi connectivity index (χ1) is 2.91. The molecule has 0 spiro atoms. The van der Waals surface area contributed by atoms with Crippen LogP contribution < -0.4 is 0 Å². The van der Waals surface area contributed by atoms with Gasteiger partial charge in [0.05, 0.1) is 0 Å². The van der Waals surface area contributed by atoms with Gasteiger partial charge in [-0.25, -0.2) is 0 Å². The van der Waals surface area contributed by atoms with Gasteiger partial charge in [-0.3, -0.25) is 0 Å². The molecule has 0 saturated carbocycles. The molecule has 0 aliphatic heterocycles. The van der Waals surface area contributed by atoms with Gasteiger partial charge in [-0.2, -0.15) is 0 Å². The molecule has 0 nitrogen and oxygen atoms in total. The third-order valence-electron chi connectivity index (χ3n) is 0.0236. The number of rotatable bonds is 0. The Morgan fingerprint density at radius 3 is 1.83 bits per heavy atom. The van der Waals surface area contributed by atoms with Gasteiger partial charge in [-0.05, 0) is 0 Å². The summed E-state index contributed by atoms with van der Waals surface area (Å²) in [6.07, 6.45) is 0. The van der Waals surface area contributed by atoms with Gasteiger partial charge in [0.1, 0.15) is 0 Å². The van der Waals surface area contributed by atoms with Crippen molar-refractivity contribution < 1.29 is 43.5 Å². The van der Waals surface area contributed by atoms with Crippen molar-refractivity contribution in [3.8, 4) is 0 Å². The normalized spacial score (nSPS) is 5.17. The van der Waals surface area contributed by atoms with Crippen molar-refractivity contribution in [2.75, 3.05) is 0 Å². The molecule has 0 aliphatic rings. The number of hydrogen-bond acceptors (Lipinski definition) is 2. The summed E-state index contributed by atoms with van der Waals surface area (Å²) in [6, 6.07) is 0. The monoisotopic (exact) mass is 435 g/mol. The van der Waals surface area contributed by atoms with E-state index in [1.54, 1.807) is 0 Å². The third-order valence-corrected chi connectivity index (χ3v) is 5.17. The number of hydrogen-bond donors (Lipinski definition) is 0. The van der Waals surface area contributed by atoms with Crippen LogP contribution >= 0.6 is 27.0 Å². The molecule has 0 fully saturated rings. The Labute approximate surface area is 69.4 Å². The van der Waals surface area contributed by atoms with Crippen molar-refractivity contribution in [3.05, 3.63) is 0 Å².